The van der Waals surface area contributed by atoms with Crippen LogP contribution < -0.4 is 4.90 Å². The molecule has 0 bridgehead atoms. The first kappa shape index (κ1) is 15.3. The largest absolute Gasteiger partial charge is 0.354 e. The lowest BCUT2D eigenvalue weighted by molar-refractivity contribution is 0.232. The van der Waals surface area contributed by atoms with E-state index < -0.39 is 9.84 Å². The predicted molar refractivity (Wildman–Crippen MR) is 80.9 cm³/mol. The Morgan fingerprint density at radius 1 is 1.40 bits per heavy atom. The molecule has 1 aromatic rings. The minimum absolute atomic E-state index is 0.334. The predicted octanol–water partition coefficient (Wildman–Crippen LogP) is 1.41. The number of hydrogen-bond acceptors (Lipinski definition) is 5. The number of sulfone groups is 1. The Kier molecular flexibility index (Phi) is 4.65. The minimum Gasteiger partial charge on any atom is -0.354 e. The Labute approximate surface area is 121 Å². The fraction of sp³-hybridized carbons (Fsp3) is 0.643. The monoisotopic (exact) mass is 297 g/mol. The second kappa shape index (κ2) is 6.10. The molecular formula is C14H23N3O2S. The van der Waals surface area contributed by atoms with Gasteiger partial charge < -0.3 is 4.90 Å². The van der Waals surface area contributed by atoms with Crippen LogP contribution in [0, 0.1) is 0 Å². The average Bonchev–Trinajstić information content (AvgIpc) is 2.89. The first-order valence-electron chi connectivity index (χ1n) is 7.11. The second-order valence-electron chi connectivity index (χ2n) is 5.21. The fourth-order valence-electron chi connectivity index (χ4n) is 2.88. The third kappa shape index (κ3) is 3.12. The number of anilines is 1. The van der Waals surface area contributed by atoms with Crippen LogP contribution in [-0.4, -0.2) is 56.8 Å². The van der Waals surface area contributed by atoms with Crippen LogP contribution in [0.25, 0.3) is 0 Å². The molecule has 0 spiro atoms. The third-order valence-electron chi connectivity index (χ3n) is 3.94. The molecule has 0 amide bonds. The SMILES string of the molecule is CCN(CC)C1CCN(c2ncccc2S(C)(=O)=O)C1. The van der Waals surface area contributed by atoms with Crippen LogP contribution in [0.2, 0.25) is 0 Å². The Morgan fingerprint density at radius 2 is 2.10 bits per heavy atom. The van der Waals surface area contributed by atoms with E-state index in [1.807, 2.05) is 0 Å². The van der Waals surface area contributed by atoms with E-state index in [1.54, 1.807) is 18.3 Å². The number of hydrogen-bond donors (Lipinski definition) is 0. The van der Waals surface area contributed by atoms with E-state index in [-0.39, 0.29) is 0 Å². The van der Waals surface area contributed by atoms with Crippen LogP contribution in [0.4, 0.5) is 5.82 Å². The molecule has 0 N–H and O–H groups in total. The average molecular weight is 297 g/mol. The van der Waals surface area contributed by atoms with Crippen LogP contribution in [0.3, 0.4) is 0 Å². The molecule has 1 aliphatic heterocycles. The second-order valence-corrected chi connectivity index (χ2v) is 7.19. The van der Waals surface area contributed by atoms with Crippen molar-refractivity contribution >= 4 is 15.7 Å². The normalized spacial score (nSPS) is 19.8. The highest BCUT2D eigenvalue weighted by molar-refractivity contribution is 7.90. The van der Waals surface area contributed by atoms with E-state index in [4.69, 9.17) is 0 Å². The van der Waals surface area contributed by atoms with Crippen molar-refractivity contribution in [3.05, 3.63) is 18.3 Å². The van der Waals surface area contributed by atoms with Crippen LogP contribution in [0.15, 0.2) is 23.2 Å². The topological polar surface area (TPSA) is 53.5 Å². The van der Waals surface area contributed by atoms with Gasteiger partial charge in [-0.1, -0.05) is 13.8 Å². The molecule has 20 heavy (non-hydrogen) atoms. The summed E-state index contributed by atoms with van der Waals surface area (Å²) in [7, 11) is -3.24. The molecule has 1 aliphatic rings. The third-order valence-corrected chi connectivity index (χ3v) is 5.06. The van der Waals surface area contributed by atoms with E-state index in [9.17, 15) is 8.42 Å². The van der Waals surface area contributed by atoms with Crippen molar-refractivity contribution in [1.82, 2.24) is 9.88 Å². The highest BCUT2D eigenvalue weighted by Gasteiger charge is 2.29. The maximum atomic E-state index is 11.9. The Balaban J connectivity index is 2.23. The van der Waals surface area contributed by atoms with E-state index >= 15 is 0 Å². The Morgan fingerprint density at radius 3 is 2.70 bits per heavy atom. The summed E-state index contributed by atoms with van der Waals surface area (Å²) in [6.45, 7) is 8.08. The summed E-state index contributed by atoms with van der Waals surface area (Å²) in [6.07, 6.45) is 3.96. The lowest BCUT2D eigenvalue weighted by Gasteiger charge is -2.26. The van der Waals surface area contributed by atoms with Crippen molar-refractivity contribution in [2.24, 2.45) is 0 Å². The molecule has 0 saturated carbocycles. The van der Waals surface area contributed by atoms with Crippen molar-refractivity contribution in [1.29, 1.82) is 0 Å². The molecule has 5 nitrogen and oxygen atoms in total. The van der Waals surface area contributed by atoms with E-state index in [0.717, 1.165) is 32.6 Å². The quantitative estimate of drug-likeness (QED) is 0.822. The van der Waals surface area contributed by atoms with Crippen molar-refractivity contribution in [3.63, 3.8) is 0 Å². The summed E-state index contributed by atoms with van der Waals surface area (Å²) in [5.74, 6) is 0.602. The van der Waals surface area contributed by atoms with Gasteiger partial charge in [0.2, 0.25) is 0 Å². The van der Waals surface area contributed by atoms with Gasteiger partial charge in [0.05, 0.1) is 0 Å². The van der Waals surface area contributed by atoms with Gasteiger partial charge in [-0.05, 0) is 31.6 Å². The molecule has 112 valence electrons. The van der Waals surface area contributed by atoms with Gasteiger partial charge in [0, 0.05) is 31.6 Å². The number of aromatic nitrogens is 1. The lowest BCUT2D eigenvalue weighted by atomic mass is 10.2. The highest BCUT2D eigenvalue weighted by atomic mass is 32.2. The maximum Gasteiger partial charge on any atom is 0.179 e. The van der Waals surface area contributed by atoms with Crippen LogP contribution in [0.5, 0.6) is 0 Å². The van der Waals surface area contributed by atoms with Crippen molar-refractivity contribution < 1.29 is 8.42 Å². The number of pyridine rings is 1. The van der Waals surface area contributed by atoms with Crippen LogP contribution >= 0.6 is 0 Å². The summed E-state index contributed by atoms with van der Waals surface area (Å²) >= 11 is 0. The van der Waals surface area contributed by atoms with Gasteiger partial charge in [-0.3, -0.25) is 4.90 Å². The minimum atomic E-state index is -3.24. The summed E-state index contributed by atoms with van der Waals surface area (Å²) in [5, 5.41) is 0. The summed E-state index contributed by atoms with van der Waals surface area (Å²) < 4.78 is 23.7. The van der Waals surface area contributed by atoms with Gasteiger partial charge in [-0.25, -0.2) is 13.4 Å². The van der Waals surface area contributed by atoms with Crippen molar-refractivity contribution in [3.8, 4) is 0 Å². The summed E-state index contributed by atoms with van der Waals surface area (Å²) in [5.41, 5.74) is 0. The van der Waals surface area contributed by atoms with E-state index in [2.05, 4.69) is 28.6 Å². The lowest BCUT2D eigenvalue weighted by Crippen LogP contribution is -2.37. The standard InChI is InChI=1S/C14H23N3O2S/c1-4-16(5-2)12-8-10-17(11-12)14-13(20(3,18)19)7-6-9-15-14/h6-7,9,12H,4-5,8,10-11H2,1-3H3. The maximum absolute atomic E-state index is 11.9. The number of nitrogens with zero attached hydrogens (tertiary/aromatic N) is 3. The zero-order chi connectivity index (χ0) is 14.8. The van der Waals surface area contributed by atoms with E-state index in [0.29, 0.717) is 16.8 Å². The molecule has 1 unspecified atom stereocenters. The highest BCUT2D eigenvalue weighted by Crippen LogP contribution is 2.27. The van der Waals surface area contributed by atoms with Gasteiger partial charge in [-0.15, -0.1) is 0 Å². The smallest absolute Gasteiger partial charge is 0.179 e. The van der Waals surface area contributed by atoms with Gasteiger partial charge in [0.15, 0.2) is 9.84 Å². The zero-order valence-electron chi connectivity index (χ0n) is 12.4. The molecule has 1 saturated heterocycles. The van der Waals surface area contributed by atoms with Crippen molar-refractivity contribution in [2.75, 3.05) is 37.3 Å². The Hall–Kier alpha value is -1.14. The van der Waals surface area contributed by atoms with Crippen LogP contribution in [0.1, 0.15) is 20.3 Å². The zero-order valence-corrected chi connectivity index (χ0v) is 13.2. The molecule has 6 heteroatoms. The van der Waals surface area contributed by atoms with Gasteiger partial charge in [0.25, 0.3) is 0 Å². The molecule has 2 heterocycles. The van der Waals surface area contributed by atoms with Gasteiger partial charge in [0.1, 0.15) is 10.7 Å². The molecule has 0 aromatic carbocycles. The van der Waals surface area contributed by atoms with E-state index in [1.165, 1.54) is 6.26 Å². The molecule has 0 radical (unpaired) electrons. The molecular weight excluding hydrogens is 274 g/mol. The number of rotatable bonds is 5. The molecule has 1 fully saturated rings. The van der Waals surface area contributed by atoms with Crippen LogP contribution in [-0.2, 0) is 9.84 Å². The molecule has 0 aliphatic carbocycles. The summed E-state index contributed by atoms with van der Waals surface area (Å²) in [4.78, 5) is 9.15. The van der Waals surface area contributed by atoms with Gasteiger partial charge >= 0.3 is 0 Å². The Bertz CT molecular complexity index is 555. The summed E-state index contributed by atoms with van der Waals surface area (Å²) in [6, 6.07) is 3.81. The van der Waals surface area contributed by atoms with Gasteiger partial charge in [-0.2, -0.15) is 0 Å². The van der Waals surface area contributed by atoms with Crippen molar-refractivity contribution in [2.45, 2.75) is 31.2 Å². The molecule has 1 aromatic heterocycles. The first-order valence-corrected chi connectivity index (χ1v) is 9.00. The molecule has 2 rings (SSSR count). The molecule has 1 atom stereocenters. The number of likely N-dealkylation sites (N-methyl/N-ethyl adjacent to an activating group) is 1. The first-order chi connectivity index (χ1) is 9.47. The fourth-order valence-corrected chi connectivity index (χ4v) is 3.72.